The van der Waals surface area contributed by atoms with Crippen molar-refractivity contribution in [2.75, 3.05) is 0 Å². The van der Waals surface area contributed by atoms with Crippen LogP contribution in [0.1, 0.15) is 27.8 Å². The lowest BCUT2D eigenvalue weighted by atomic mass is 9.95. The first-order chi connectivity index (χ1) is 7.11. The number of hydrogen-bond acceptors (Lipinski definition) is 2. The molecule has 0 aliphatic carbocycles. The number of benzene rings is 1. The molecular formula is C11H10N2O2. The minimum atomic E-state index is 0.636. The minimum absolute atomic E-state index is 0.636. The van der Waals surface area contributed by atoms with Crippen molar-refractivity contribution in [1.82, 2.24) is 0 Å². The first-order valence-corrected chi connectivity index (χ1v) is 4.39. The zero-order valence-corrected chi connectivity index (χ0v) is 8.79. The van der Waals surface area contributed by atoms with Gasteiger partial charge in [0.2, 0.25) is 0 Å². The second-order valence-corrected chi connectivity index (χ2v) is 3.27. The highest BCUT2D eigenvalue weighted by atomic mass is 16.4. The lowest BCUT2D eigenvalue weighted by molar-refractivity contribution is 1.26. The molecule has 0 atom stereocenters. The van der Waals surface area contributed by atoms with Crippen LogP contribution < -0.4 is 0 Å². The van der Waals surface area contributed by atoms with Gasteiger partial charge in [0.1, 0.15) is 11.1 Å². The van der Waals surface area contributed by atoms with Gasteiger partial charge >= 0.3 is 12.1 Å². The highest BCUT2D eigenvalue weighted by Gasteiger charge is 2.13. The molecule has 1 rings (SSSR count). The molecule has 0 spiro atoms. The van der Waals surface area contributed by atoms with Gasteiger partial charge in [-0.3, -0.25) is 0 Å². The fraction of sp³-hybridized carbons (Fsp3) is 0.273. The van der Waals surface area contributed by atoms with Crippen LogP contribution in [0.25, 0.3) is 10.0 Å². The molecule has 0 heterocycles. The number of aryl methyl sites for hydroxylation is 1. The zero-order valence-electron chi connectivity index (χ0n) is 8.79. The van der Waals surface area contributed by atoms with E-state index >= 15 is 0 Å². The molecule has 1 aromatic carbocycles. The molecule has 4 heteroatoms. The van der Waals surface area contributed by atoms with Gasteiger partial charge in [-0.05, 0) is 43.5 Å². The van der Waals surface area contributed by atoms with Crippen LogP contribution >= 0.6 is 0 Å². The maximum absolute atomic E-state index is 10.2. The minimum Gasteiger partial charge on any atom is -0.498 e. The molecule has 0 aliphatic rings. The fourth-order valence-corrected chi connectivity index (χ4v) is 1.47. The molecule has 0 saturated heterocycles. The average molecular weight is 202 g/mol. The SMILES string of the molecule is Cc1cc(C#[N+][O-])c(C)c(C)c1C#[N+][O-]. The molecule has 4 nitrogen and oxygen atoms in total. The van der Waals surface area contributed by atoms with Crippen molar-refractivity contribution in [3.63, 3.8) is 0 Å². The van der Waals surface area contributed by atoms with Crippen LogP contribution in [0, 0.1) is 43.3 Å². The quantitative estimate of drug-likeness (QED) is 0.607. The van der Waals surface area contributed by atoms with Crippen molar-refractivity contribution in [2.45, 2.75) is 20.8 Å². The standard InChI is InChI=1S/C11H10N2O2/c1-7-4-10(5-12-14)8(2)9(3)11(7)6-13-15/h4H,1-3H3. The van der Waals surface area contributed by atoms with E-state index in [0.717, 1.165) is 16.7 Å². The van der Waals surface area contributed by atoms with Gasteiger partial charge in [-0.25, -0.2) is 0 Å². The maximum atomic E-state index is 10.2. The summed E-state index contributed by atoms with van der Waals surface area (Å²) in [5.74, 6) is 0. The summed E-state index contributed by atoms with van der Waals surface area (Å²) < 4.78 is 0. The second-order valence-electron chi connectivity index (χ2n) is 3.27. The molecule has 0 aromatic heterocycles. The van der Waals surface area contributed by atoms with E-state index in [0.29, 0.717) is 11.1 Å². The van der Waals surface area contributed by atoms with E-state index in [4.69, 9.17) is 0 Å². The molecule has 76 valence electrons. The Balaban J connectivity index is 3.53. The summed E-state index contributed by atoms with van der Waals surface area (Å²) in [6, 6.07) is 6.48. The highest BCUT2D eigenvalue weighted by Crippen LogP contribution is 2.20. The Hall–Kier alpha value is -2.20. The molecule has 0 N–H and O–H groups in total. The van der Waals surface area contributed by atoms with Gasteiger partial charge in [0, 0.05) is 10.0 Å². The largest absolute Gasteiger partial charge is 0.498 e. The Kier molecular flexibility index (Phi) is 3.15. The van der Waals surface area contributed by atoms with Crippen LogP contribution in [-0.4, -0.2) is 0 Å². The van der Waals surface area contributed by atoms with E-state index < -0.39 is 0 Å². The number of hydrogen-bond donors (Lipinski definition) is 0. The molecule has 0 amide bonds. The molecule has 0 aliphatic heterocycles. The summed E-state index contributed by atoms with van der Waals surface area (Å²) in [6.07, 6.45) is 0. The summed E-state index contributed by atoms with van der Waals surface area (Å²) in [5, 5.41) is 25.5. The third kappa shape index (κ3) is 2.00. The van der Waals surface area contributed by atoms with Crippen molar-refractivity contribution >= 4 is 0 Å². The van der Waals surface area contributed by atoms with Crippen LogP contribution in [0.15, 0.2) is 6.07 Å². The summed E-state index contributed by atoms with van der Waals surface area (Å²) in [6.45, 7) is 5.49. The van der Waals surface area contributed by atoms with E-state index in [9.17, 15) is 10.4 Å². The summed E-state index contributed by atoms with van der Waals surface area (Å²) in [5.41, 5.74) is 3.84. The van der Waals surface area contributed by atoms with Gasteiger partial charge in [-0.2, -0.15) is 0 Å². The van der Waals surface area contributed by atoms with E-state index in [1.54, 1.807) is 6.07 Å². The van der Waals surface area contributed by atoms with Gasteiger partial charge < -0.3 is 10.4 Å². The average Bonchev–Trinajstić information content (AvgIpc) is 2.21. The van der Waals surface area contributed by atoms with Crippen molar-refractivity contribution in [2.24, 2.45) is 0 Å². The van der Waals surface area contributed by atoms with E-state index in [1.807, 2.05) is 20.8 Å². The molecule has 0 fully saturated rings. The van der Waals surface area contributed by atoms with Gasteiger partial charge in [-0.15, -0.1) is 0 Å². The molecule has 0 unspecified atom stereocenters. The highest BCUT2D eigenvalue weighted by molar-refractivity contribution is 5.55. The number of nitrogens with zero attached hydrogens (tertiary/aromatic N) is 2. The Labute approximate surface area is 88.0 Å². The molecule has 0 radical (unpaired) electrons. The third-order valence-corrected chi connectivity index (χ3v) is 2.42. The number of rotatable bonds is 0. The Morgan fingerprint density at radius 2 is 1.60 bits per heavy atom. The molecule has 15 heavy (non-hydrogen) atoms. The first kappa shape index (κ1) is 10.9. The Bertz CT molecular complexity index is 513. The monoisotopic (exact) mass is 202 g/mol. The van der Waals surface area contributed by atoms with Gasteiger partial charge in [0.15, 0.2) is 0 Å². The predicted molar refractivity (Wildman–Crippen MR) is 60.1 cm³/mol. The van der Waals surface area contributed by atoms with E-state index in [2.05, 4.69) is 22.2 Å². The predicted octanol–water partition coefficient (Wildman–Crippen LogP) is 2.97. The molecule has 1 aromatic rings. The molecule has 0 bridgehead atoms. The van der Waals surface area contributed by atoms with Crippen LogP contribution in [0.3, 0.4) is 0 Å². The lowest BCUT2D eigenvalue weighted by Gasteiger charge is -2.04. The second kappa shape index (κ2) is 4.34. The fourth-order valence-electron chi connectivity index (χ4n) is 1.47. The van der Waals surface area contributed by atoms with Crippen LogP contribution in [0.4, 0.5) is 0 Å². The molecular weight excluding hydrogens is 192 g/mol. The topological polar surface area (TPSA) is 54.8 Å². The van der Waals surface area contributed by atoms with Crippen molar-refractivity contribution < 1.29 is 0 Å². The van der Waals surface area contributed by atoms with Crippen LogP contribution in [0.5, 0.6) is 0 Å². The van der Waals surface area contributed by atoms with Crippen LogP contribution in [-0.2, 0) is 0 Å². The van der Waals surface area contributed by atoms with Gasteiger partial charge in [0.05, 0.1) is 0 Å². The van der Waals surface area contributed by atoms with Crippen molar-refractivity contribution in [3.05, 3.63) is 54.3 Å². The zero-order chi connectivity index (χ0) is 11.4. The van der Waals surface area contributed by atoms with E-state index in [1.165, 1.54) is 0 Å². The lowest BCUT2D eigenvalue weighted by Crippen LogP contribution is -1.95. The van der Waals surface area contributed by atoms with Crippen molar-refractivity contribution in [3.8, 4) is 12.1 Å². The smallest absolute Gasteiger partial charge is 0.337 e. The van der Waals surface area contributed by atoms with E-state index in [-0.39, 0.29) is 0 Å². The first-order valence-electron chi connectivity index (χ1n) is 4.39. The van der Waals surface area contributed by atoms with Crippen molar-refractivity contribution in [1.29, 1.82) is 0 Å². The Morgan fingerprint density at radius 1 is 1.00 bits per heavy atom. The Morgan fingerprint density at radius 3 is 2.13 bits per heavy atom. The third-order valence-electron chi connectivity index (χ3n) is 2.42. The van der Waals surface area contributed by atoms with Gasteiger partial charge in [-0.1, -0.05) is 0 Å². The molecule has 0 saturated carbocycles. The normalized spacial score (nSPS) is 8.47. The summed E-state index contributed by atoms with van der Waals surface area (Å²) >= 11 is 0. The maximum Gasteiger partial charge on any atom is 0.337 e. The van der Waals surface area contributed by atoms with Gasteiger partial charge in [0.25, 0.3) is 0 Å². The summed E-state index contributed by atoms with van der Waals surface area (Å²) in [4.78, 5) is 0. The summed E-state index contributed by atoms with van der Waals surface area (Å²) in [7, 11) is 0. The van der Waals surface area contributed by atoms with Crippen LogP contribution in [0.2, 0.25) is 0 Å².